The lowest BCUT2D eigenvalue weighted by Gasteiger charge is -2.21. The first kappa shape index (κ1) is 12.2. The van der Waals surface area contributed by atoms with Crippen molar-refractivity contribution < 1.29 is 4.79 Å². The molecule has 84 valence electrons. The standard InChI is InChI=1S/C11H18N2OS/c1-4-13(9-11(14)12(2)3)8-10-6-5-7-15-10/h5-7H,4,8-9H2,1-3H3. The van der Waals surface area contributed by atoms with Crippen molar-refractivity contribution in [3.63, 3.8) is 0 Å². The highest BCUT2D eigenvalue weighted by atomic mass is 32.1. The first-order chi connectivity index (χ1) is 7.13. The largest absolute Gasteiger partial charge is 0.348 e. The molecule has 0 atom stereocenters. The molecule has 0 saturated carbocycles. The van der Waals surface area contributed by atoms with Crippen LogP contribution in [0.15, 0.2) is 17.5 Å². The molecule has 1 heterocycles. The number of carbonyl (C=O) groups is 1. The Hall–Kier alpha value is -0.870. The van der Waals surface area contributed by atoms with Crippen molar-refractivity contribution in [2.45, 2.75) is 13.5 Å². The van der Waals surface area contributed by atoms with Gasteiger partial charge in [-0.05, 0) is 18.0 Å². The van der Waals surface area contributed by atoms with Gasteiger partial charge in [0.25, 0.3) is 0 Å². The maximum atomic E-state index is 11.5. The Balaban J connectivity index is 2.46. The molecule has 15 heavy (non-hydrogen) atoms. The highest BCUT2D eigenvalue weighted by molar-refractivity contribution is 7.09. The summed E-state index contributed by atoms with van der Waals surface area (Å²) in [6.07, 6.45) is 0. The van der Waals surface area contributed by atoms with Crippen molar-refractivity contribution in [1.29, 1.82) is 0 Å². The van der Waals surface area contributed by atoms with Crippen LogP contribution in [-0.2, 0) is 11.3 Å². The van der Waals surface area contributed by atoms with Crippen molar-refractivity contribution in [1.82, 2.24) is 9.80 Å². The van der Waals surface area contributed by atoms with Crippen LogP contribution < -0.4 is 0 Å². The summed E-state index contributed by atoms with van der Waals surface area (Å²) in [5.41, 5.74) is 0. The van der Waals surface area contributed by atoms with Gasteiger partial charge in [-0.25, -0.2) is 0 Å². The molecule has 0 N–H and O–H groups in total. The van der Waals surface area contributed by atoms with Crippen LogP contribution in [0.5, 0.6) is 0 Å². The Bertz CT molecular complexity index is 296. The Kier molecular flexibility index (Phi) is 4.78. The number of hydrogen-bond donors (Lipinski definition) is 0. The minimum atomic E-state index is 0.161. The van der Waals surface area contributed by atoms with E-state index in [1.807, 2.05) is 6.07 Å². The third kappa shape index (κ3) is 4.01. The van der Waals surface area contributed by atoms with Gasteiger partial charge in [0.2, 0.25) is 5.91 Å². The number of carbonyl (C=O) groups excluding carboxylic acids is 1. The summed E-state index contributed by atoms with van der Waals surface area (Å²) in [4.78, 5) is 16.6. The number of nitrogens with zero attached hydrogens (tertiary/aromatic N) is 2. The lowest BCUT2D eigenvalue weighted by atomic mass is 10.4. The van der Waals surface area contributed by atoms with E-state index in [2.05, 4.69) is 23.3 Å². The van der Waals surface area contributed by atoms with E-state index in [1.165, 1.54) is 4.88 Å². The van der Waals surface area contributed by atoms with Gasteiger partial charge in [-0.2, -0.15) is 0 Å². The summed E-state index contributed by atoms with van der Waals surface area (Å²) < 4.78 is 0. The van der Waals surface area contributed by atoms with E-state index in [9.17, 15) is 4.79 Å². The molecule has 0 spiro atoms. The van der Waals surface area contributed by atoms with Gasteiger partial charge in [0, 0.05) is 25.5 Å². The summed E-state index contributed by atoms with van der Waals surface area (Å²) in [7, 11) is 3.59. The summed E-state index contributed by atoms with van der Waals surface area (Å²) in [6.45, 7) is 4.35. The van der Waals surface area contributed by atoms with E-state index in [1.54, 1.807) is 30.3 Å². The molecule has 0 fully saturated rings. The Morgan fingerprint density at radius 3 is 2.67 bits per heavy atom. The highest BCUT2D eigenvalue weighted by Crippen LogP contribution is 2.11. The molecule has 1 amide bonds. The van der Waals surface area contributed by atoms with Gasteiger partial charge in [-0.1, -0.05) is 13.0 Å². The molecule has 1 aromatic rings. The fourth-order valence-corrected chi connectivity index (χ4v) is 1.98. The second-order valence-electron chi connectivity index (χ2n) is 3.67. The van der Waals surface area contributed by atoms with Crippen molar-refractivity contribution in [3.05, 3.63) is 22.4 Å². The quantitative estimate of drug-likeness (QED) is 0.762. The molecule has 0 aromatic carbocycles. The van der Waals surface area contributed by atoms with Gasteiger partial charge in [0.1, 0.15) is 0 Å². The first-order valence-corrected chi connectivity index (χ1v) is 5.96. The monoisotopic (exact) mass is 226 g/mol. The van der Waals surface area contributed by atoms with Crippen LogP contribution in [0.2, 0.25) is 0 Å². The highest BCUT2D eigenvalue weighted by Gasteiger charge is 2.11. The summed E-state index contributed by atoms with van der Waals surface area (Å²) >= 11 is 1.74. The van der Waals surface area contributed by atoms with Crippen LogP contribution in [0.3, 0.4) is 0 Å². The predicted molar refractivity (Wildman–Crippen MR) is 64.0 cm³/mol. The zero-order chi connectivity index (χ0) is 11.3. The van der Waals surface area contributed by atoms with Crippen LogP contribution in [0.25, 0.3) is 0 Å². The molecule has 0 bridgehead atoms. The normalized spacial score (nSPS) is 10.7. The number of thiophene rings is 1. The molecule has 0 radical (unpaired) electrons. The van der Waals surface area contributed by atoms with Crippen LogP contribution in [0.1, 0.15) is 11.8 Å². The van der Waals surface area contributed by atoms with Gasteiger partial charge in [-0.3, -0.25) is 9.69 Å². The fraction of sp³-hybridized carbons (Fsp3) is 0.545. The van der Waals surface area contributed by atoms with E-state index >= 15 is 0 Å². The van der Waals surface area contributed by atoms with Crippen LogP contribution in [-0.4, -0.2) is 42.9 Å². The topological polar surface area (TPSA) is 23.6 Å². The molecule has 0 aliphatic carbocycles. The molecule has 0 aliphatic heterocycles. The van der Waals surface area contributed by atoms with Crippen LogP contribution in [0.4, 0.5) is 0 Å². The number of hydrogen-bond acceptors (Lipinski definition) is 3. The molecule has 4 heteroatoms. The fourth-order valence-electron chi connectivity index (χ4n) is 1.24. The van der Waals surface area contributed by atoms with E-state index in [4.69, 9.17) is 0 Å². The first-order valence-electron chi connectivity index (χ1n) is 5.08. The van der Waals surface area contributed by atoms with Crippen molar-refractivity contribution in [3.8, 4) is 0 Å². The number of rotatable bonds is 5. The van der Waals surface area contributed by atoms with Gasteiger partial charge in [0.15, 0.2) is 0 Å². The van der Waals surface area contributed by atoms with Crippen LogP contribution in [0, 0.1) is 0 Å². The molecule has 1 aromatic heterocycles. The average Bonchev–Trinajstić information content (AvgIpc) is 2.69. The number of likely N-dealkylation sites (N-methyl/N-ethyl adjacent to an activating group) is 2. The Labute approximate surface area is 95.3 Å². The Morgan fingerprint density at radius 2 is 2.20 bits per heavy atom. The SMILES string of the molecule is CCN(CC(=O)N(C)C)Cc1cccs1. The third-order valence-electron chi connectivity index (χ3n) is 2.26. The van der Waals surface area contributed by atoms with Crippen molar-refractivity contribution >= 4 is 17.2 Å². The maximum absolute atomic E-state index is 11.5. The summed E-state index contributed by atoms with van der Waals surface area (Å²) in [6, 6.07) is 4.15. The zero-order valence-electron chi connectivity index (χ0n) is 9.56. The van der Waals surface area contributed by atoms with Gasteiger partial charge in [-0.15, -0.1) is 11.3 Å². The zero-order valence-corrected chi connectivity index (χ0v) is 10.4. The predicted octanol–water partition coefficient (Wildman–Crippen LogP) is 1.66. The number of amides is 1. The third-order valence-corrected chi connectivity index (χ3v) is 3.13. The van der Waals surface area contributed by atoms with Crippen molar-refractivity contribution in [2.75, 3.05) is 27.2 Å². The minimum Gasteiger partial charge on any atom is -0.348 e. The van der Waals surface area contributed by atoms with E-state index in [0.29, 0.717) is 6.54 Å². The maximum Gasteiger partial charge on any atom is 0.236 e. The molecule has 1 rings (SSSR count). The summed E-state index contributed by atoms with van der Waals surface area (Å²) in [5, 5.41) is 2.07. The molecular weight excluding hydrogens is 208 g/mol. The van der Waals surface area contributed by atoms with Crippen molar-refractivity contribution in [2.24, 2.45) is 0 Å². The lowest BCUT2D eigenvalue weighted by molar-refractivity contribution is -0.130. The molecular formula is C11H18N2OS. The Morgan fingerprint density at radius 1 is 1.47 bits per heavy atom. The van der Waals surface area contributed by atoms with Gasteiger partial charge < -0.3 is 4.90 Å². The van der Waals surface area contributed by atoms with E-state index in [-0.39, 0.29) is 5.91 Å². The molecule has 0 unspecified atom stereocenters. The molecule has 3 nitrogen and oxygen atoms in total. The van der Waals surface area contributed by atoms with E-state index in [0.717, 1.165) is 13.1 Å². The lowest BCUT2D eigenvalue weighted by Crippen LogP contribution is -2.36. The van der Waals surface area contributed by atoms with Crippen LogP contribution >= 0.6 is 11.3 Å². The van der Waals surface area contributed by atoms with E-state index < -0.39 is 0 Å². The second kappa shape index (κ2) is 5.88. The molecule has 0 aliphatic rings. The smallest absolute Gasteiger partial charge is 0.236 e. The summed E-state index contributed by atoms with van der Waals surface area (Å²) in [5.74, 6) is 0.161. The average molecular weight is 226 g/mol. The second-order valence-corrected chi connectivity index (χ2v) is 4.70. The minimum absolute atomic E-state index is 0.161. The molecule has 0 saturated heterocycles. The van der Waals surface area contributed by atoms with Gasteiger partial charge >= 0.3 is 0 Å². The van der Waals surface area contributed by atoms with Gasteiger partial charge in [0.05, 0.1) is 6.54 Å².